The van der Waals surface area contributed by atoms with Crippen LogP contribution in [-0.2, 0) is 9.53 Å². The minimum Gasteiger partial charge on any atom is -0.481 e. The second kappa shape index (κ2) is 7.33. The van der Waals surface area contributed by atoms with Crippen LogP contribution < -0.4 is 0 Å². The lowest BCUT2D eigenvalue weighted by molar-refractivity contribution is -0.143. The molecule has 2 aliphatic carbocycles. The van der Waals surface area contributed by atoms with Crippen LogP contribution in [0.2, 0.25) is 0 Å². The Morgan fingerprint density at radius 1 is 0.818 bits per heavy atom. The van der Waals surface area contributed by atoms with Gasteiger partial charge in [-0.3, -0.25) is 4.79 Å². The summed E-state index contributed by atoms with van der Waals surface area (Å²) in [5.41, 5.74) is 0. The lowest BCUT2D eigenvalue weighted by Crippen LogP contribution is -2.35. The molecule has 3 fully saturated rings. The fraction of sp³-hybridized carbons (Fsp3) is 0.947. The number of carboxylic acids is 1. The molecule has 3 rings (SSSR count). The number of carbonyl (C=O) groups is 1. The van der Waals surface area contributed by atoms with Gasteiger partial charge in [-0.1, -0.05) is 6.92 Å². The second-order valence-electron chi connectivity index (χ2n) is 8.18. The van der Waals surface area contributed by atoms with E-state index in [0.29, 0.717) is 6.10 Å². The van der Waals surface area contributed by atoms with E-state index in [0.717, 1.165) is 56.0 Å². The van der Waals surface area contributed by atoms with Crippen LogP contribution in [0, 0.1) is 29.6 Å². The van der Waals surface area contributed by atoms with Gasteiger partial charge in [0.1, 0.15) is 0 Å². The number of hydrogen-bond acceptors (Lipinski definition) is 2. The van der Waals surface area contributed by atoms with Crippen molar-refractivity contribution in [2.24, 2.45) is 29.6 Å². The zero-order valence-corrected chi connectivity index (χ0v) is 14.0. The third-order valence-corrected chi connectivity index (χ3v) is 6.67. The van der Waals surface area contributed by atoms with Gasteiger partial charge in [-0.2, -0.15) is 0 Å². The molecule has 3 heteroatoms. The monoisotopic (exact) mass is 308 g/mol. The molecule has 0 aromatic rings. The van der Waals surface area contributed by atoms with Gasteiger partial charge in [-0.05, 0) is 87.9 Å². The first kappa shape index (κ1) is 16.3. The summed E-state index contributed by atoms with van der Waals surface area (Å²) in [5, 5.41) is 9.12. The largest absolute Gasteiger partial charge is 0.481 e. The Labute approximate surface area is 134 Å². The first-order chi connectivity index (χ1) is 10.6. The molecule has 0 aromatic heterocycles. The highest BCUT2D eigenvalue weighted by Gasteiger charge is 2.35. The second-order valence-corrected chi connectivity index (χ2v) is 8.18. The standard InChI is InChI=1S/C19H32O3/c1-13-2-11-18(22-12-13)16-7-3-14(4-8-16)15-5-9-17(10-6-15)19(20)21/h13-18H,2-12H2,1H3,(H,20,21). The fourth-order valence-electron chi connectivity index (χ4n) is 5.10. The molecule has 126 valence electrons. The van der Waals surface area contributed by atoms with E-state index in [1.165, 1.54) is 38.5 Å². The summed E-state index contributed by atoms with van der Waals surface area (Å²) in [6.45, 7) is 3.25. The first-order valence-corrected chi connectivity index (χ1v) is 9.48. The third-order valence-electron chi connectivity index (χ3n) is 6.67. The first-order valence-electron chi connectivity index (χ1n) is 9.48. The van der Waals surface area contributed by atoms with E-state index in [1.807, 2.05) is 0 Å². The summed E-state index contributed by atoms with van der Waals surface area (Å²) in [6, 6.07) is 0. The number of carboxylic acid groups (broad SMARTS) is 1. The molecule has 22 heavy (non-hydrogen) atoms. The van der Waals surface area contributed by atoms with E-state index in [9.17, 15) is 4.79 Å². The van der Waals surface area contributed by atoms with Crippen LogP contribution in [0.15, 0.2) is 0 Å². The number of hydrogen-bond donors (Lipinski definition) is 1. The molecule has 2 saturated carbocycles. The maximum atomic E-state index is 11.1. The van der Waals surface area contributed by atoms with Crippen molar-refractivity contribution in [2.45, 2.75) is 77.2 Å². The molecule has 1 aliphatic heterocycles. The van der Waals surface area contributed by atoms with Gasteiger partial charge < -0.3 is 9.84 Å². The van der Waals surface area contributed by atoms with E-state index >= 15 is 0 Å². The summed E-state index contributed by atoms with van der Waals surface area (Å²) in [6.07, 6.45) is 12.6. The van der Waals surface area contributed by atoms with Gasteiger partial charge in [0.25, 0.3) is 0 Å². The quantitative estimate of drug-likeness (QED) is 0.835. The van der Waals surface area contributed by atoms with Crippen molar-refractivity contribution in [1.29, 1.82) is 0 Å². The summed E-state index contributed by atoms with van der Waals surface area (Å²) >= 11 is 0. The maximum absolute atomic E-state index is 11.1. The van der Waals surface area contributed by atoms with Crippen molar-refractivity contribution in [3.8, 4) is 0 Å². The Bertz CT molecular complexity index is 357. The van der Waals surface area contributed by atoms with Crippen LogP contribution in [0.1, 0.15) is 71.1 Å². The highest BCUT2D eigenvalue weighted by molar-refractivity contribution is 5.69. The Hall–Kier alpha value is -0.570. The highest BCUT2D eigenvalue weighted by atomic mass is 16.5. The minimum atomic E-state index is -0.578. The molecule has 1 heterocycles. The van der Waals surface area contributed by atoms with Gasteiger partial charge in [-0.15, -0.1) is 0 Å². The normalized spacial score (nSPS) is 43.7. The molecule has 3 aliphatic rings. The number of rotatable bonds is 3. The molecule has 0 spiro atoms. The summed E-state index contributed by atoms with van der Waals surface area (Å²) < 4.78 is 6.09. The topological polar surface area (TPSA) is 46.5 Å². The van der Waals surface area contributed by atoms with Gasteiger partial charge in [-0.25, -0.2) is 0 Å². The lowest BCUT2D eigenvalue weighted by Gasteiger charge is -2.40. The SMILES string of the molecule is CC1CCC(C2CCC(C3CCC(C(=O)O)CC3)CC2)OC1. The van der Waals surface area contributed by atoms with Gasteiger partial charge in [0.2, 0.25) is 0 Å². The number of aliphatic carboxylic acids is 1. The smallest absolute Gasteiger partial charge is 0.306 e. The Balaban J connectivity index is 1.41. The van der Waals surface area contributed by atoms with E-state index in [-0.39, 0.29) is 5.92 Å². The minimum absolute atomic E-state index is 0.0646. The van der Waals surface area contributed by atoms with E-state index < -0.39 is 5.97 Å². The molecule has 2 atom stereocenters. The Kier molecular flexibility index (Phi) is 5.43. The molecule has 3 nitrogen and oxygen atoms in total. The Morgan fingerprint density at radius 2 is 1.36 bits per heavy atom. The molecule has 0 bridgehead atoms. The molecule has 1 saturated heterocycles. The number of ether oxygens (including phenoxy) is 1. The summed E-state index contributed by atoms with van der Waals surface area (Å²) in [4.78, 5) is 11.1. The predicted octanol–water partition coefficient (Wildman–Crippen LogP) is 4.50. The van der Waals surface area contributed by atoms with Gasteiger partial charge in [0.05, 0.1) is 12.0 Å². The summed E-state index contributed by atoms with van der Waals surface area (Å²) in [5.74, 6) is 2.55. The van der Waals surface area contributed by atoms with Crippen molar-refractivity contribution < 1.29 is 14.6 Å². The van der Waals surface area contributed by atoms with E-state index in [4.69, 9.17) is 9.84 Å². The van der Waals surface area contributed by atoms with Crippen LogP contribution in [0.3, 0.4) is 0 Å². The van der Waals surface area contributed by atoms with Crippen molar-refractivity contribution in [1.82, 2.24) is 0 Å². The van der Waals surface area contributed by atoms with Crippen LogP contribution in [-0.4, -0.2) is 23.8 Å². The predicted molar refractivity (Wildman–Crippen MR) is 86.7 cm³/mol. The summed E-state index contributed by atoms with van der Waals surface area (Å²) in [7, 11) is 0. The highest BCUT2D eigenvalue weighted by Crippen LogP contribution is 2.43. The van der Waals surface area contributed by atoms with E-state index in [1.54, 1.807) is 0 Å². The maximum Gasteiger partial charge on any atom is 0.306 e. The van der Waals surface area contributed by atoms with Crippen LogP contribution in [0.25, 0.3) is 0 Å². The van der Waals surface area contributed by atoms with E-state index in [2.05, 4.69) is 6.92 Å². The van der Waals surface area contributed by atoms with Crippen molar-refractivity contribution in [2.75, 3.05) is 6.61 Å². The molecule has 0 aromatic carbocycles. The lowest BCUT2D eigenvalue weighted by atomic mass is 9.68. The zero-order valence-electron chi connectivity index (χ0n) is 14.0. The molecule has 1 N–H and O–H groups in total. The van der Waals surface area contributed by atoms with Crippen LogP contribution in [0.5, 0.6) is 0 Å². The molecule has 0 amide bonds. The van der Waals surface area contributed by atoms with Crippen molar-refractivity contribution in [3.63, 3.8) is 0 Å². The van der Waals surface area contributed by atoms with Crippen LogP contribution in [0.4, 0.5) is 0 Å². The molecular formula is C19H32O3. The molecule has 0 radical (unpaired) electrons. The van der Waals surface area contributed by atoms with Gasteiger partial charge in [0.15, 0.2) is 0 Å². The van der Waals surface area contributed by atoms with Crippen LogP contribution >= 0.6 is 0 Å². The average molecular weight is 308 g/mol. The van der Waals surface area contributed by atoms with Crippen molar-refractivity contribution in [3.05, 3.63) is 0 Å². The van der Waals surface area contributed by atoms with Gasteiger partial charge in [0, 0.05) is 6.61 Å². The van der Waals surface area contributed by atoms with Gasteiger partial charge >= 0.3 is 5.97 Å². The average Bonchev–Trinajstić information content (AvgIpc) is 2.56. The molecular weight excluding hydrogens is 276 g/mol. The fourth-order valence-corrected chi connectivity index (χ4v) is 5.10. The zero-order chi connectivity index (χ0) is 15.5. The third kappa shape index (κ3) is 3.84. The van der Waals surface area contributed by atoms with Crippen molar-refractivity contribution >= 4 is 5.97 Å². The Morgan fingerprint density at radius 3 is 1.86 bits per heavy atom. The molecule has 2 unspecified atom stereocenters.